The van der Waals surface area contributed by atoms with Gasteiger partial charge in [-0.05, 0) is 19.1 Å². The SMILES string of the molecule is CCOC(=O)C(C#N)CC(=O)c1cccc(Br)c1. The van der Waals surface area contributed by atoms with Gasteiger partial charge in [0.15, 0.2) is 11.7 Å². The number of nitriles is 1. The Balaban J connectivity index is 2.74. The average Bonchev–Trinajstić information content (AvgIpc) is 2.35. The van der Waals surface area contributed by atoms with Crippen molar-refractivity contribution in [2.75, 3.05) is 6.61 Å². The third kappa shape index (κ3) is 3.97. The second kappa shape index (κ2) is 6.92. The number of halogens is 1. The summed E-state index contributed by atoms with van der Waals surface area (Å²) in [4.78, 5) is 23.3. The lowest BCUT2D eigenvalue weighted by molar-refractivity contribution is -0.145. The van der Waals surface area contributed by atoms with E-state index in [0.717, 1.165) is 4.47 Å². The van der Waals surface area contributed by atoms with Crippen LogP contribution in [0.5, 0.6) is 0 Å². The van der Waals surface area contributed by atoms with E-state index in [2.05, 4.69) is 15.9 Å². The van der Waals surface area contributed by atoms with E-state index in [1.165, 1.54) is 0 Å². The van der Waals surface area contributed by atoms with Crippen LogP contribution in [0.25, 0.3) is 0 Å². The van der Waals surface area contributed by atoms with Gasteiger partial charge >= 0.3 is 5.97 Å². The second-order valence-electron chi connectivity index (χ2n) is 3.57. The topological polar surface area (TPSA) is 67.2 Å². The number of nitrogens with zero attached hydrogens (tertiary/aromatic N) is 1. The largest absolute Gasteiger partial charge is 0.465 e. The molecule has 1 aromatic carbocycles. The Morgan fingerprint density at radius 3 is 2.78 bits per heavy atom. The predicted octanol–water partition coefficient (Wildman–Crippen LogP) is 2.72. The summed E-state index contributed by atoms with van der Waals surface area (Å²) < 4.78 is 5.51. The summed E-state index contributed by atoms with van der Waals surface area (Å²) in [5, 5.41) is 8.86. The van der Waals surface area contributed by atoms with Gasteiger partial charge in [-0.15, -0.1) is 0 Å². The number of hydrogen-bond donors (Lipinski definition) is 0. The molecule has 94 valence electrons. The van der Waals surface area contributed by atoms with Gasteiger partial charge in [0.25, 0.3) is 0 Å². The Bertz CT molecular complexity index is 493. The summed E-state index contributed by atoms with van der Waals surface area (Å²) in [6.45, 7) is 1.85. The van der Waals surface area contributed by atoms with Gasteiger partial charge < -0.3 is 4.74 Å². The molecule has 0 aliphatic heterocycles. The van der Waals surface area contributed by atoms with Gasteiger partial charge in [0.05, 0.1) is 12.7 Å². The molecule has 0 spiro atoms. The highest BCUT2D eigenvalue weighted by Gasteiger charge is 2.23. The predicted molar refractivity (Wildman–Crippen MR) is 68.8 cm³/mol. The van der Waals surface area contributed by atoms with E-state index in [4.69, 9.17) is 10.00 Å². The quantitative estimate of drug-likeness (QED) is 0.619. The van der Waals surface area contributed by atoms with Crippen molar-refractivity contribution in [3.8, 4) is 6.07 Å². The summed E-state index contributed by atoms with van der Waals surface area (Å²) in [5.41, 5.74) is 0.467. The molecule has 0 saturated heterocycles. The van der Waals surface area contributed by atoms with Crippen LogP contribution in [0.3, 0.4) is 0 Å². The summed E-state index contributed by atoms with van der Waals surface area (Å²) >= 11 is 3.26. The maximum absolute atomic E-state index is 11.9. The van der Waals surface area contributed by atoms with Crippen molar-refractivity contribution in [1.82, 2.24) is 0 Å². The first-order valence-electron chi connectivity index (χ1n) is 5.43. The van der Waals surface area contributed by atoms with Gasteiger partial charge in [-0.25, -0.2) is 0 Å². The third-order valence-corrected chi connectivity index (χ3v) is 2.76. The molecule has 0 bridgehead atoms. The second-order valence-corrected chi connectivity index (χ2v) is 4.49. The first-order valence-corrected chi connectivity index (χ1v) is 6.22. The molecule has 1 unspecified atom stereocenters. The first-order chi connectivity index (χ1) is 8.58. The van der Waals surface area contributed by atoms with Crippen molar-refractivity contribution in [1.29, 1.82) is 5.26 Å². The van der Waals surface area contributed by atoms with E-state index in [0.29, 0.717) is 5.56 Å². The number of carbonyl (C=O) groups is 2. The molecule has 4 nitrogen and oxygen atoms in total. The molecule has 1 atom stereocenters. The smallest absolute Gasteiger partial charge is 0.323 e. The summed E-state index contributed by atoms with van der Waals surface area (Å²) in [6.07, 6.45) is -0.161. The number of esters is 1. The van der Waals surface area contributed by atoms with Crippen molar-refractivity contribution in [2.45, 2.75) is 13.3 Å². The van der Waals surface area contributed by atoms with Crippen LogP contribution in [0.15, 0.2) is 28.7 Å². The molecule has 0 radical (unpaired) electrons. The Morgan fingerprint density at radius 2 is 2.22 bits per heavy atom. The van der Waals surface area contributed by atoms with E-state index in [1.54, 1.807) is 37.3 Å². The molecular weight excluding hydrogens is 298 g/mol. The van der Waals surface area contributed by atoms with E-state index in [-0.39, 0.29) is 18.8 Å². The molecule has 0 N–H and O–H groups in total. The maximum Gasteiger partial charge on any atom is 0.323 e. The van der Waals surface area contributed by atoms with Crippen molar-refractivity contribution in [3.63, 3.8) is 0 Å². The molecule has 18 heavy (non-hydrogen) atoms. The zero-order chi connectivity index (χ0) is 13.5. The number of hydrogen-bond acceptors (Lipinski definition) is 4. The molecule has 5 heteroatoms. The van der Waals surface area contributed by atoms with Crippen LogP contribution in [-0.2, 0) is 9.53 Å². The minimum absolute atomic E-state index is 0.161. The van der Waals surface area contributed by atoms with Crippen LogP contribution in [-0.4, -0.2) is 18.4 Å². The fraction of sp³-hybridized carbons (Fsp3) is 0.308. The first kappa shape index (κ1) is 14.4. The van der Waals surface area contributed by atoms with E-state index in [9.17, 15) is 9.59 Å². The van der Waals surface area contributed by atoms with Gasteiger partial charge in [0.1, 0.15) is 0 Å². The standard InChI is InChI=1S/C13H12BrNO3/c1-2-18-13(17)10(8-15)7-12(16)9-4-3-5-11(14)6-9/h3-6,10H,2,7H2,1H3. The van der Waals surface area contributed by atoms with Crippen molar-refractivity contribution >= 4 is 27.7 Å². The molecule has 0 saturated carbocycles. The van der Waals surface area contributed by atoms with Crippen molar-refractivity contribution < 1.29 is 14.3 Å². The van der Waals surface area contributed by atoms with Crippen molar-refractivity contribution in [2.24, 2.45) is 5.92 Å². The minimum Gasteiger partial charge on any atom is -0.465 e. The Morgan fingerprint density at radius 1 is 1.50 bits per heavy atom. The highest BCUT2D eigenvalue weighted by molar-refractivity contribution is 9.10. The molecule has 0 fully saturated rings. The summed E-state index contributed by atoms with van der Waals surface area (Å²) in [6, 6.07) is 8.62. The monoisotopic (exact) mass is 309 g/mol. The molecule has 0 heterocycles. The van der Waals surface area contributed by atoms with Gasteiger partial charge in [-0.3, -0.25) is 9.59 Å². The minimum atomic E-state index is -1.04. The van der Waals surface area contributed by atoms with Gasteiger partial charge in [-0.1, -0.05) is 28.1 Å². The fourth-order valence-corrected chi connectivity index (χ4v) is 1.79. The average molecular weight is 310 g/mol. The van der Waals surface area contributed by atoms with Gasteiger partial charge in [0.2, 0.25) is 0 Å². The van der Waals surface area contributed by atoms with Crippen LogP contribution < -0.4 is 0 Å². The Labute approximate surface area is 114 Å². The van der Waals surface area contributed by atoms with Gasteiger partial charge in [-0.2, -0.15) is 5.26 Å². The molecular formula is C13H12BrNO3. The van der Waals surface area contributed by atoms with Gasteiger partial charge in [0, 0.05) is 16.5 Å². The van der Waals surface area contributed by atoms with Crippen LogP contribution in [0.4, 0.5) is 0 Å². The molecule has 0 amide bonds. The van der Waals surface area contributed by atoms with Crippen LogP contribution in [0.2, 0.25) is 0 Å². The van der Waals surface area contributed by atoms with Crippen LogP contribution in [0, 0.1) is 17.2 Å². The Hall–Kier alpha value is -1.67. The lowest BCUT2D eigenvalue weighted by Crippen LogP contribution is -2.19. The normalized spacial score (nSPS) is 11.4. The molecule has 0 aliphatic rings. The number of benzene rings is 1. The zero-order valence-electron chi connectivity index (χ0n) is 9.85. The number of carbonyl (C=O) groups excluding carboxylic acids is 2. The highest BCUT2D eigenvalue weighted by Crippen LogP contribution is 2.16. The van der Waals surface area contributed by atoms with E-state index >= 15 is 0 Å². The van der Waals surface area contributed by atoms with Crippen LogP contribution >= 0.6 is 15.9 Å². The molecule has 1 aromatic rings. The Kier molecular flexibility index (Phi) is 5.53. The zero-order valence-corrected chi connectivity index (χ0v) is 11.4. The number of Topliss-reactive ketones (excluding diaryl/α,β-unsaturated/α-hetero) is 1. The maximum atomic E-state index is 11.9. The fourth-order valence-electron chi connectivity index (χ4n) is 1.39. The van der Waals surface area contributed by atoms with E-state index < -0.39 is 11.9 Å². The summed E-state index contributed by atoms with van der Waals surface area (Å²) in [5.74, 6) is -1.95. The third-order valence-electron chi connectivity index (χ3n) is 2.26. The van der Waals surface area contributed by atoms with E-state index in [1.807, 2.05) is 0 Å². The molecule has 0 aliphatic carbocycles. The van der Waals surface area contributed by atoms with Crippen molar-refractivity contribution in [3.05, 3.63) is 34.3 Å². The van der Waals surface area contributed by atoms with Crippen LogP contribution in [0.1, 0.15) is 23.7 Å². The molecule has 0 aromatic heterocycles. The lowest BCUT2D eigenvalue weighted by atomic mass is 9.99. The number of ketones is 1. The number of ether oxygens (including phenoxy) is 1. The summed E-state index contributed by atoms with van der Waals surface area (Å²) in [7, 11) is 0. The molecule has 1 rings (SSSR count). The lowest BCUT2D eigenvalue weighted by Gasteiger charge is -2.07. The highest BCUT2D eigenvalue weighted by atomic mass is 79.9. The number of rotatable bonds is 5.